The Balaban J connectivity index is 3.29. The summed E-state index contributed by atoms with van der Waals surface area (Å²) in [6.07, 6.45) is -1.22. The molecule has 19 heavy (non-hydrogen) atoms. The summed E-state index contributed by atoms with van der Waals surface area (Å²) in [7, 11) is 3.07. The molecule has 0 heterocycles. The third kappa shape index (κ3) is 3.26. The first-order chi connectivity index (χ1) is 8.72. The van der Waals surface area contributed by atoms with E-state index < -0.39 is 11.5 Å². The number of ketones is 1. The van der Waals surface area contributed by atoms with Crippen molar-refractivity contribution >= 4 is 5.78 Å². The van der Waals surface area contributed by atoms with Gasteiger partial charge < -0.3 is 14.6 Å². The molecule has 0 radical (unpaired) electrons. The lowest BCUT2D eigenvalue weighted by Gasteiger charge is -2.23. The van der Waals surface area contributed by atoms with Crippen molar-refractivity contribution in [3.63, 3.8) is 0 Å². The molecule has 1 unspecified atom stereocenters. The van der Waals surface area contributed by atoms with E-state index in [1.165, 1.54) is 7.11 Å². The molecule has 0 aliphatic carbocycles. The Hall–Kier alpha value is -1.55. The van der Waals surface area contributed by atoms with Gasteiger partial charge in [-0.15, -0.1) is 0 Å². The molecule has 1 aromatic carbocycles. The van der Waals surface area contributed by atoms with E-state index in [-0.39, 0.29) is 5.78 Å². The number of hydrogen-bond donors (Lipinski definition) is 1. The molecule has 1 atom stereocenters. The van der Waals surface area contributed by atoms with Crippen LogP contribution in [-0.4, -0.2) is 25.1 Å². The van der Waals surface area contributed by atoms with Crippen LogP contribution in [0.3, 0.4) is 0 Å². The van der Waals surface area contributed by atoms with Gasteiger partial charge in [-0.1, -0.05) is 20.8 Å². The quantitative estimate of drug-likeness (QED) is 0.910. The van der Waals surface area contributed by atoms with E-state index in [0.717, 1.165) is 5.56 Å². The fourth-order valence-electron chi connectivity index (χ4n) is 1.84. The first kappa shape index (κ1) is 15.5. The molecule has 0 fully saturated rings. The van der Waals surface area contributed by atoms with Gasteiger partial charge in [0.1, 0.15) is 17.6 Å². The van der Waals surface area contributed by atoms with Crippen molar-refractivity contribution in [2.75, 3.05) is 14.2 Å². The lowest BCUT2D eigenvalue weighted by Crippen LogP contribution is -2.27. The minimum absolute atomic E-state index is 0.253. The molecule has 106 valence electrons. The zero-order chi connectivity index (χ0) is 14.8. The molecule has 0 spiro atoms. The van der Waals surface area contributed by atoms with Crippen LogP contribution in [0.15, 0.2) is 12.1 Å². The van der Waals surface area contributed by atoms with Crippen LogP contribution in [0, 0.1) is 12.3 Å². The summed E-state index contributed by atoms with van der Waals surface area (Å²) in [4.78, 5) is 12.2. The van der Waals surface area contributed by atoms with E-state index >= 15 is 0 Å². The highest BCUT2D eigenvalue weighted by molar-refractivity contribution is 5.89. The molecule has 0 aliphatic rings. The summed E-state index contributed by atoms with van der Waals surface area (Å²) in [5, 5.41) is 10.3. The maximum absolute atomic E-state index is 12.2. The summed E-state index contributed by atoms with van der Waals surface area (Å²) in [6, 6.07) is 3.41. The second kappa shape index (κ2) is 5.61. The van der Waals surface area contributed by atoms with Gasteiger partial charge in [-0.2, -0.15) is 0 Å². The van der Waals surface area contributed by atoms with Crippen LogP contribution in [0.25, 0.3) is 0 Å². The van der Waals surface area contributed by atoms with Crippen LogP contribution in [0.4, 0.5) is 0 Å². The number of benzene rings is 1. The molecule has 0 aliphatic heterocycles. The third-order valence-corrected chi connectivity index (χ3v) is 3.03. The van der Waals surface area contributed by atoms with Crippen LogP contribution in [-0.2, 0) is 4.79 Å². The van der Waals surface area contributed by atoms with Crippen molar-refractivity contribution in [2.45, 2.75) is 33.8 Å². The number of hydrogen-bond acceptors (Lipinski definition) is 4. The van der Waals surface area contributed by atoms with Gasteiger partial charge in [0.25, 0.3) is 0 Å². The number of carbonyl (C=O) groups excluding carboxylic acids is 1. The Morgan fingerprint density at radius 3 is 2.11 bits per heavy atom. The van der Waals surface area contributed by atoms with Gasteiger partial charge >= 0.3 is 0 Å². The Kier molecular flexibility index (Phi) is 4.58. The number of methoxy groups -OCH3 is 2. The van der Waals surface area contributed by atoms with Gasteiger partial charge in [-0.05, 0) is 24.6 Å². The van der Waals surface area contributed by atoms with E-state index in [1.807, 2.05) is 6.92 Å². The van der Waals surface area contributed by atoms with Gasteiger partial charge in [-0.25, -0.2) is 0 Å². The van der Waals surface area contributed by atoms with Crippen molar-refractivity contribution in [2.24, 2.45) is 5.41 Å². The number of ether oxygens (including phenoxy) is 2. The SMILES string of the molecule is COc1cc(C(O)C(=O)C(C)(C)C)c(OC)cc1C. The van der Waals surface area contributed by atoms with E-state index in [4.69, 9.17) is 9.47 Å². The minimum atomic E-state index is -1.22. The van der Waals surface area contributed by atoms with Crippen molar-refractivity contribution in [1.82, 2.24) is 0 Å². The topological polar surface area (TPSA) is 55.8 Å². The number of Topliss-reactive ketones (excluding diaryl/α,β-unsaturated/α-hetero) is 1. The zero-order valence-electron chi connectivity index (χ0n) is 12.4. The molecule has 0 saturated carbocycles. The lowest BCUT2D eigenvalue weighted by molar-refractivity contribution is -0.135. The Morgan fingerprint density at radius 2 is 1.68 bits per heavy atom. The highest BCUT2D eigenvalue weighted by Gasteiger charge is 2.31. The average molecular weight is 266 g/mol. The predicted octanol–water partition coefficient (Wildman–Crippen LogP) is 2.66. The molecule has 0 aromatic heterocycles. The fourth-order valence-corrected chi connectivity index (χ4v) is 1.84. The summed E-state index contributed by atoms with van der Waals surface area (Å²) >= 11 is 0. The highest BCUT2D eigenvalue weighted by Crippen LogP contribution is 2.35. The third-order valence-electron chi connectivity index (χ3n) is 3.03. The second-order valence-electron chi connectivity index (χ2n) is 5.58. The van der Waals surface area contributed by atoms with E-state index in [2.05, 4.69) is 0 Å². The van der Waals surface area contributed by atoms with E-state index in [0.29, 0.717) is 17.1 Å². The van der Waals surface area contributed by atoms with Gasteiger partial charge in [0, 0.05) is 11.0 Å². The molecule has 0 amide bonds. The number of aryl methyl sites for hydroxylation is 1. The first-order valence-corrected chi connectivity index (χ1v) is 6.17. The van der Waals surface area contributed by atoms with Crippen LogP contribution in [0.2, 0.25) is 0 Å². The summed E-state index contributed by atoms with van der Waals surface area (Å²) in [6.45, 7) is 7.20. The van der Waals surface area contributed by atoms with Gasteiger partial charge in [-0.3, -0.25) is 4.79 Å². The number of carbonyl (C=O) groups is 1. The standard InChI is InChI=1S/C15H22O4/c1-9-7-12(19-6)10(8-11(9)18-5)13(16)14(17)15(2,3)4/h7-8,13,16H,1-6H3. The maximum atomic E-state index is 12.2. The summed E-state index contributed by atoms with van der Waals surface area (Å²) in [5.74, 6) is 0.858. The number of rotatable bonds is 4. The summed E-state index contributed by atoms with van der Waals surface area (Å²) in [5.41, 5.74) is 0.700. The van der Waals surface area contributed by atoms with E-state index in [1.54, 1.807) is 40.0 Å². The Morgan fingerprint density at radius 1 is 1.16 bits per heavy atom. The normalized spacial score (nSPS) is 13.0. The molecule has 4 nitrogen and oxygen atoms in total. The Bertz CT molecular complexity index is 472. The number of aliphatic hydroxyl groups excluding tert-OH is 1. The van der Waals surface area contributed by atoms with E-state index in [9.17, 15) is 9.90 Å². The van der Waals surface area contributed by atoms with Crippen molar-refractivity contribution in [3.05, 3.63) is 23.3 Å². The Labute approximate surface area is 114 Å². The lowest BCUT2D eigenvalue weighted by atomic mass is 9.85. The smallest absolute Gasteiger partial charge is 0.171 e. The minimum Gasteiger partial charge on any atom is -0.496 e. The van der Waals surface area contributed by atoms with Crippen LogP contribution in [0.1, 0.15) is 38.0 Å². The van der Waals surface area contributed by atoms with Crippen molar-refractivity contribution < 1.29 is 19.4 Å². The second-order valence-corrected chi connectivity index (χ2v) is 5.58. The van der Waals surface area contributed by atoms with Crippen LogP contribution >= 0.6 is 0 Å². The molecule has 0 saturated heterocycles. The van der Waals surface area contributed by atoms with Gasteiger partial charge in [0.05, 0.1) is 14.2 Å². The van der Waals surface area contributed by atoms with Crippen LogP contribution in [0.5, 0.6) is 11.5 Å². The average Bonchev–Trinajstić information content (AvgIpc) is 2.35. The molecular weight excluding hydrogens is 244 g/mol. The molecular formula is C15H22O4. The first-order valence-electron chi connectivity index (χ1n) is 6.17. The molecule has 1 N–H and O–H groups in total. The van der Waals surface area contributed by atoms with Crippen molar-refractivity contribution in [1.29, 1.82) is 0 Å². The molecule has 0 bridgehead atoms. The maximum Gasteiger partial charge on any atom is 0.171 e. The fraction of sp³-hybridized carbons (Fsp3) is 0.533. The molecule has 4 heteroatoms. The number of aliphatic hydroxyl groups is 1. The van der Waals surface area contributed by atoms with Crippen LogP contribution < -0.4 is 9.47 Å². The monoisotopic (exact) mass is 266 g/mol. The van der Waals surface area contributed by atoms with Gasteiger partial charge in [0.15, 0.2) is 5.78 Å². The largest absolute Gasteiger partial charge is 0.496 e. The predicted molar refractivity (Wildman–Crippen MR) is 73.7 cm³/mol. The highest BCUT2D eigenvalue weighted by atomic mass is 16.5. The zero-order valence-corrected chi connectivity index (χ0v) is 12.4. The van der Waals surface area contributed by atoms with Crippen molar-refractivity contribution in [3.8, 4) is 11.5 Å². The molecule has 1 aromatic rings. The van der Waals surface area contributed by atoms with Gasteiger partial charge in [0.2, 0.25) is 0 Å². The summed E-state index contributed by atoms with van der Waals surface area (Å²) < 4.78 is 10.5. The molecule has 1 rings (SSSR count).